The fourth-order valence-corrected chi connectivity index (χ4v) is 3.15. The fraction of sp³-hybridized carbons (Fsp3) is 0.438. The third-order valence-electron chi connectivity index (χ3n) is 4.26. The standard InChI is InChI=1S/C16H17F3N4O2/c1-10(24)21-12-3-4-13(16(17,18)19)23(9-12)15(25)11-2-5-14-20-6-7-22(14)8-11/h2,5-8,12-13H,3-4,9H2,1H3,(H,21,24)/t12-,13-/m1/s1. The van der Waals surface area contributed by atoms with Gasteiger partial charge in [0.25, 0.3) is 5.91 Å². The lowest BCUT2D eigenvalue weighted by atomic mass is 9.96. The molecule has 0 bridgehead atoms. The Bertz CT molecular complexity index is 802. The van der Waals surface area contributed by atoms with E-state index in [1.807, 2.05) is 0 Å². The summed E-state index contributed by atoms with van der Waals surface area (Å²) in [5.41, 5.74) is 0.738. The number of carbonyl (C=O) groups excluding carboxylic acids is 2. The molecule has 2 aromatic heterocycles. The van der Waals surface area contributed by atoms with Gasteiger partial charge in [-0.05, 0) is 25.0 Å². The van der Waals surface area contributed by atoms with Gasteiger partial charge in [-0.3, -0.25) is 9.59 Å². The number of carbonyl (C=O) groups is 2. The second-order valence-electron chi connectivity index (χ2n) is 6.10. The van der Waals surface area contributed by atoms with Crippen molar-refractivity contribution in [3.8, 4) is 0 Å². The number of rotatable bonds is 2. The first-order chi connectivity index (χ1) is 11.8. The average Bonchev–Trinajstić information content (AvgIpc) is 3.00. The Morgan fingerprint density at radius 2 is 2.04 bits per heavy atom. The number of hydrogen-bond donors (Lipinski definition) is 1. The van der Waals surface area contributed by atoms with Crippen LogP contribution in [0.15, 0.2) is 30.7 Å². The lowest BCUT2D eigenvalue weighted by molar-refractivity contribution is -0.184. The van der Waals surface area contributed by atoms with Gasteiger partial charge in [-0.1, -0.05) is 0 Å². The van der Waals surface area contributed by atoms with Gasteiger partial charge in [0.15, 0.2) is 0 Å². The molecule has 9 heteroatoms. The molecule has 2 atom stereocenters. The number of amides is 2. The normalized spacial score (nSPS) is 21.4. The number of alkyl halides is 3. The van der Waals surface area contributed by atoms with Crippen molar-refractivity contribution in [1.82, 2.24) is 19.6 Å². The highest BCUT2D eigenvalue weighted by Crippen LogP contribution is 2.33. The van der Waals surface area contributed by atoms with Crippen molar-refractivity contribution in [3.05, 3.63) is 36.3 Å². The van der Waals surface area contributed by atoms with Crippen molar-refractivity contribution in [2.24, 2.45) is 0 Å². The molecule has 0 unspecified atom stereocenters. The Labute approximate surface area is 141 Å². The summed E-state index contributed by atoms with van der Waals surface area (Å²) in [6, 6.07) is 0.686. The van der Waals surface area contributed by atoms with Crippen molar-refractivity contribution >= 4 is 17.5 Å². The molecule has 0 aromatic carbocycles. The minimum Gasteiger partial charge on any atom is -0.352 e. The van der Waals surface area contributed by atoms with Gasteiger partial charge < -0.3 is 14.6 Å². The van der Waals surface area contributed by atoms with E-state index >= 15 is 0 Å². The number of halogens is 3. The lowest BCUT2D eigenvalue weighted by Gasteiger charge is -2.40. The number of imidazole rings is 1. The lowest BCUT2D eigenvalue weighted by Crippen LogP contribution is -2.58. The zero-order valence-corrected chi connectivity index (χ0v) is 13.5. The minimum absolute atomic E-state index is 0.142. The quantitative estimate of drug-likeness (QED) is 0.897. The van der Waals surface area contributed by atoms with Gasteiger partial charge in [0.1, 0.15) is 11.7 Å². The Morgan fingerprint density at radius 3 is 2.72 bits per heavy atom. The smallest absolute Gasteiger partial charge is 0.352 e. The van der Waals surface area contributed by atoms with Gasteiger partial charge in [0.2, 0.25) is 5.91 Å². The van der Waals surface area contributed by atoms with E-state index in [0.29, 0.717) is 5.65 Å². The van der Waals surface area contributed by atoms with Crippen LogP contribution < -0.4 is 5.32 Å². The molecule has 0 spiro atoms. The molecule has 1 fully saturated rings. The first-order valence-electron chi connectivity index (χ1n) is 7.83. The SMILES string of the molecule is CC(=O)N[C@@H]1CC[C@H](C(F)(F)F)N(C(=O)c2ccc3nccn3c2)C1. The maximum Gasteiger partial charge on any atom is 0.408 e. The van der Waals surface area contributed by atoms with Crippen molar-refractivity contribution in [2.45, 2.75) is 38.0 Å². The number of likely N-dealkylation sites (tertiary alicyclic amines) is 1. The fourth-order valence-electron chi connectivity index (χ4n) is 3.15. The molecular weight excluding hydrogens is 337 g/mol. The third kappa shape index (κ3) is 3.59. The highest BCUT2D eigenvalue weighted by atomic mass is 19.4. The molecular formula is C16H17F3N4O2. The topological polar surface area (TPSA) is 66.7 Å². The average molecular weight is 354 g/mol. The van der Waals surface area contributed by atoms with Crippen molar-refractivity contribution in [3.63, 3.8) is 0 Å². The molecule has 6 nitrogen and oxygen atoms in total. The summed E-state index contributed by atoms with van der Waals surface area (Å²) >= 11 is 0. The van der Waals surface area contributed by atoms with Crippen LogP contribution in [0.1, 0.15) is 30.1 Å². The molecule has 3 rings (SSSR count). The van der Waals surface area contributed by atoms with E-state index in [2.05, 4.69) is 10.3 Å². The van der Waals surface area contributed by atoms with Crippen LogP contribution in [0.4, 0.5) is 13.2 Å². The van der Waals surface area contributed by atoms with Crippen molar-refractivity contribution < 1.29 is 22.8 Å². The third-order valence-corrected chi connectivity index (χ3v) is 4.26. The van der Waals surface area contributed by atoms with E-state index in [0.717, 1.165) is 4.90 Å². The molecule has 1 N–H and O–H groups in total. The number of hydrogen-bond acceptors (Lipinski definition) is 3. The molecule has 1 saturated heterocycles. The molecule has 25 heavy (non-hydrogen) atoms. The first kappa shape index (κ1) is 17.2. The summed E-state index contributed by atoms with van der Waals surface area (Å²) in [6.07, 6.45) is 0.0250. The molecule has 1 aliphatic heterocycles. The number of nitrogens with one attached hydrogen (secondary N) is 1. The number of aromatic nitrogens is 2. The van der Waals surface area contributed by atoms with Gasteiger partial charge in [-0.2, -0.15) is 13.2 Å². The maximum absolute atomic E-state index is 13.4. The molecule has 3 heterocycles. The van der Waals surface area contributed by atoms with Crippen LogP contribution in [0.5, 0.6) is 0 Å². The van der Waals surface area contributed by atoms with Gasteiger partial charge >= 0.3 is 6.18 Å². The molecule has 2 aromatic rings. The van der Waals surface area contributed by atoms with Crippen LogP contribution in [0.3, 0.4) is 0 Å². The van der Waals surface area contributed by atoms with E-state index < -0.39 is 24.2 Å². The van der Waals surface area contributed by atoms with Crippen molar-refractivity contribution in [2.75, 3.05) is 6.54 Å². The number of piperidine rings is 1. The summed E-state index contributed by atoms with van der Waals surface area (Å²) in [7, 11) is 0. The highest BCUT2D eigenvalue weighted by molar-refractivity contribution is 5.94. The largest absolute Gasteiger partial charge is 0.408 e. The summed E-state index contributed by atoms with van der Waals surface area (Å²) in [6.45, 7) is 1.12. The van der Waals surface area contributed by atoms with Gasteiger partial charge in [-0.25, -0.2) is 4.98 Å². The summed E-state index contributed by atoms with van der Waals surface area (Å²) in [5, 5.41) is 2.60. The molecule has 0 aliphatic carbocycles. The first-order valence-corrected chi connectivity index (χ1v) is 7.83. The van der Waals surface area contributed by atoms with Crippen molar-refractivity contribution in [1.29, 1.82) is 0 Å². The molecule has 1 aliphatic rings. The number of nitrogens with zero attached hydrogens (tertiary/aromatic N) is 3. The summed E-state index contributed by atoms with van der Waals surface area (Å²) in [5.74, 6) is -1.05. The Balaban J connectivity index is 1.89. The van der Waals surface area contributed by atoms with E-state index in [4.69, 9.17) is 0 Å². The van der Waals surface area contributed by atoms with Crippen LogP contribution in [-0.2, 0) is 4.79 Å². The summed E-state index contributed by atoms with van der Waals surface area (Å²) < 4.78 is 41.7. The number of pyridine rings is 1. The molecule has 0 radical (unpaired) electrons. The van der Waals surface area contributed by atoms with E-state index in [1.54, 1.807) is 16.7 Å². The second kappa shape index (κ2) is 6.38. The summed E-state index contributed by atoms with van der Waals surface area (Å²) in [4.78, 5) is 28.8. The van der Waals surface area contributed by atoms with E-state index in [1.165, 1.54) is 25.4 Å². The van der Waals surface area contributed by atoms with Crippen LogP contribution in [0.25, 0.3) is 5.65 Å². The number of fused-ring (bicyclic) bond motifs is 1. The van der Waals surface area contributed by atoms with E-state index in [9.17, 15) is 22.8 Å². The maximum atomic E-state index is 13.4. The Hall–Kier alpha value is -2.58. The van der Waals surface area contributed by atoms with Crippen LogP contribution in [0, 0.1) is 0 Å². The molecule has 134 valence electrons. The van der Waals surface area contributed by atoms with E-state index in [-0.39, 0.29) is 30.9 Å². The van der Waals surface area contributed by atoms with Gasteiger partial charge in [0, 0.05) is 38.1 Å². The van der Waals surface area contributed by atoms with Gasteiger partial charge in [0.05, 0.1) is 5.56 Å². The monoisotopic (exact) mass is 354 g/mol. The predicted octanol–water partition coefficient (Wildman–Crippen LogP) is 2.01. The Morgan fingerprint density at radius 1 is 1.28 bits per heavy atom. The predicted molar refractivity (Wildman–Crippen MR) is 82.9 cm³/mol. The Kier molecular flexibility index (Phi) is 4.40. The minimum atomic E-state index is -4.52. The zero-order chi connectivity index (χ0) is 18.2. The molecule has 0 saturated carbocycles. The van der Waals surface area contributed by atoms with Crippen LogP contribution >= 0.6 is 0 Å². The molecule has 2 amide bonds. The van der Waals surface area contributed by atoms with Crippen LogP contribution in [-0.4, -0.2) is 50.9 Å². The zero-order valence-electron chi connectivity index (χ0n) is 13.5. The van der Waals surface area contributed by atoms with Gasteiger partial charge in [-0.15, -0.1) is 0 Å². The van der Waals surface area contributed by atoms with Crippen LogP contribution in [0.2, 0.25) is 0 Å². The highest BCUT2D eigenvalue weighted by Gasteiger charge is 2.48. The second-order valence-corrected chi connectivity index (χ2v) is 6.10.